The van der Waals surface area contributed by atoms with Gasteiger partial charge in [0.2, 0.25) is 0 Å². The second kappa shape index (κ2) is 5.64. The number of halogens is 1. The molecule has 1 aliphatic rings. The predicted molar refractivity (Wildman–Crippen MR) is 80.9 cm³/mol. The fourth-order valence-corrected chi connectivity index (χ4v) is 4.87. The quantitative estimate of drug-likeness (QED) is 0.871. The number of sulfone groups is 1. The molecule has 2 N–H and O–H groups in total. The molecular weight excluding hydrogens is 298 g/mol. The van der Waals surface area contributed by atoms with Gasteiger partial charge < -0.3 is 10.5 Å². The largest absolute Gasteiger partial charge is 0.380 e. The Kier molecular flexibility index (Phi) is 4.44. The van der Waals surface area contributed by atoms with Crippen LogP contribution in [0.2, 0.25) is 5.02 Å². The summed E-state index contributed by atoms with van der Waals surface area (Å²) in [5.74, 6) is -0.136. The molecule has 6 heteroatoms. The van der Waals surface area contributed by atoms with Crippen molar-refractivity contribution in [2.24, 2.45) is 5.73 Å². The van der Waals surface area contributed by atoms with Gasteiger partial charge in [-0.1, -0.05) is 30.7 Å². The Balaban J connectivity index is 2.32. The van der Waals surface area contributed by atoms with E-state index in [-0.39, 0.29) is 18.3 Å². The zero-order chi connectivity index (χ0) is 15.0. The van der Waals surface area contributed by atoms with E-state index in [2.05, 4.69) is 0 Å². The molecule has 1 aromatic rings. The first kappa shape index (κ1) is 15.8. The molecule has 0 radical (unpaired) electrons. The number of nitrogens with two attached hydrogens (primary N) is 1. The highest BCUT2D eigenvalue weighted by Gasteiger charge is 2.68. The van der Waals surface area contributed by atoms with Gasteiger partial charge in [-0.25, -0.2) is 8.42 Å². The Bertz CT molecular complexity index is 573. The Morgan fingerprint density at radius 3 is 2.40 bits per heavy atom. The summed E-state index contributed by atoms with van der Waals surface area (Å²) in [5.41, 5.74) is 6.38. The van der Waals surface area contributed by atoms with Crippen LogP contribution in [0.5, 0.6) is 0 Å². The SMILES string of the molecule is CCOC[C@@]1(N)[C@@H](c2ccc(Cl)cc2)[C@@H]1S(=O)(=O)CC. The number of benzene rings is 1. The van der Waals surface area contributed by atoms with Crippen LogP contribution in [0.1, 0.15) is 25.3 Å². The number of ether oxygens (including phenoxy) is 1. The molecule has 0 bridgehead atoms. The third-order valence-electron chi connectivity index (χ3n) is 3.88. The Labute approximate surface area is 125 Å². The van der Waals surface area contributed by atoms with E-state index >= 15 is 0 Å². The van der Waals surface area contributed by atoms with Gasteiger partial charge in [-0.05, 0) is 24.6 Å². The van der Waals surface area contributed by atoms with E-state index in [4.69, 9.17) is 22.1 Å². The molecule has 1 aliphatic carbocycles. The Morgan fingerprint density at radius 1 is 1.30 bits per heavy atom. The third kappa shape index (κ3) is 2.72. The standard InChI is InChI=1S/C14H20ClNO3S/c1-3-19-9-14(16)12(13(14)20(17,18)4-2)10-5-7-11(15)8-6-10/h5-8,12-13H,3-4,9,16H2,1-2H3/t12-,13-,14+/m0/s1. The van der Waals surface area contributed by atoms with Crippen LogP contribution >= 0.6 is 11.6 Å². The molecule has 1 fully saturated rings. The van der Waals surface area contributed by atoms with Crippen LogP contribution in [0.4, 0.5) is 0 Å². The summed E-state index contributed by atoms with van der Waals surface area (Å²) in [6, 6.07) is 7.19. The average molecular weight is 318 g/mol. The van der Waals surface area contributed by atoms with Crippen molar-refractivity contribution in [3.63, 3.8) is 0 Å². The molecule has 2 rings (SSSR count). The van der Waals surface area contributed by atoms with Crippen LogP contribution in [0.15, 0.2) is 24.3 Å². The lowest BCUT2D eigenvalue weighted by Crippen LogP contribution is -2.36. The monoisotopic (exact) mass is 317 g/mol. The summed E-state index contributed by atoms with van der Waals surface area (Å²) in [7, 11) is -3.21. The van der Waals surface area contributed by atoms with Gasteiger partial charge in [-0.2, -0.15) is 0 Å². The molecule has 3 atom stereocenters. The smallest absolute Gasteiger partial charge is 0.155 e. The van der Waals surface area contributed by atoms with Crippen molar-refractivity contribution < 1.29 is 13.2 Å². The van der Waals surface area contributed by atoms with E-state index in [1.165, 1.54) is 0 Å². The van der Waals surface area contributed by atoms with Crippen LogP contribution in [0.25, 0.3) is 0 Å². The zero-order valence-corrected chi connectivity index (χ0v) is 13.2. The highest BCUT2D eigenvalue weighted by Crippen LogP contribution is 2.54. The highest BCUT2D eigenvalue weighted by atomic mass is 35.5. The Morgan fingerprint density at radius 2 is 1.90 bits per heavy atom. The summed E-state index contributed by atoms with van der Waals surface area (Å²) in [6.07, 6.45) is 0. The van der Waals surface area contributed by atoms with Gasteiger partial charge in [0.1, 0.15) is 0 Å². The van der Waals surface area contributed by atoms with Gasteiger partial charge in [0.15, 0.2) is 9.84 Å². The first-order valence-corrected chi connectivity index (χ1v) is 8.79. The van der Waals surface area contributed by atoms with E-state index < -0.39 is 20.6 Å². The normalized spacial score (nSPS) is 29.4. The number of hydrogen-bond acceptors (Lipinski definition) is 4. The summed E-state index contributed by atoms with van der Waals surface area (Å²) in [4.78, 5) is 0. The molecule has 4 nitrogen and oxygen atoms in total. The van der Waals surface area contributed by atoms with Crippen molar-refractivity contribution in [3.8, 4) is 0 Å². The van der Waals surface area contributed by atoms with Crippen molar-refractivity contribution in [1.82, 2.24) is 0 Å². The van der Waals surface area contributed by atoms with Crippen molar-refractivity contribution in [2.75, 3.05) is 19.0 Å². The van der Waals surface area contributed by atoms with Gasteiger partial charge in [-0.15, -0.1) is 0 Å². The van der Waals surface area contributed by atoms with Crippen LogP contribution in [0.3, 0.4) is 0 Å². The minimum Gasteiger partial charge on any atom is -0.380 e. The molecule has 1 saturated carbocycles. The van der Waals surface area contributed by atoms with Crippen molar-refractivity contribution >= 4 is 21.4 Å². The minimum absolute atomic E-state index is 0.0901. The van der Waals surface area contributed by atoms with Gasteiger partial charge in [-0.3, -0.25) is 0 Å². The molecule has 1 aromatic carbocycles. The fourth-order valence-electron chi connectivity index (χ4n) is 2.75. The maximum atomic E-state index is 12.2. The molecule has 0 saturated heterocycles. The van der Waals surface area contributed by atoms with Crippen LogP contribution in [-0.4, -0.2) is 38.2 Å². The number of hydrogen-bond donors (Lipinski definition) is 1. The first-order chi connectivity index (χ1) is 9.36. The zero-order valence-electron chi connectivity index (χ0n) is 11.7. The van der Waals surface area contributed by atoms with Gasteiger partial charge in [0.25, 0.3) is 0 Å². The second-order valence-corrected chi connectivity index (χ2v) is 8.00. The van der Waals surface area contributed by atoms with Crippen molar-refractivity contribution in [1.29, 1.82) is 0 Å². The van der Waals surface area contributed by atoms with E-state index in [1.54, 1.807) is 19.1 Å². The minimum atomic E-state index is -3.21. The van der Waals surface area contributed by atoms with Crippen LogP contribution < -0.4 is 5.73 Å². The lowest BCUT2D eigenvalue weighted by atomic mass is 10.1. The Hall–Kier alpha value is -0.620. The summed E-state index contributed by atoms with van der Waals surface area (Å²) >= 11 is 5.87. The maximum Gasteiger partial charge on any atom is 0.155 e. The van der Waals surface area contributed by atoms with Crippen LogP contribution in [-0.2, 0) is 14.6 Å². The maximum absolute atomic E-state index is 12.2. The van der Waals surface area contributed by atoms with Gasteiger partial charge in [0, 0.05) is 23.3 Å². The van der Waals surface area contributed by atoms with Gasteiger partial charge >= 0.3 is 0 Å². The topological polar surface area (TPSA) is 69.4 Å². The molecule has 0 aromatic heterocycles. The molecule has 112 valence electrons. The van der Waals surface area contributed by atoms with E-state index in [9.17, 15) is 8.42 Å². The van der Waals surface area contributed by atoms with E-state index in [0.29, 0.717) is 11.6 Å². The lowest BCUT2D eigenvalue weighted by Gasteiger charge is -2.12. The molecule has 0 amide bonds. The summed E-state index contributed by atoms with van der Waals surface area (Å²) < 4.78 is 29.8. The third-order valence-corrected chi connectivity index (χ3v) is 6.42. The highest BCUT2D eigenvalue weighted by molar-refractivity contribution is 7.92. The first-order valence-electron chi connectivity index (χ1n) is 6.70. The number of rotatable bonds is 6. The second-order valence-electron chi connectivity index (χ2n) is 5.15. The van der Waals surface area contributed by atoms with Crippen LogP contribution in [0, 0.1) is 0 Å². The lowest BCUT2D eigenvalue weighted by molar-refractivity contribution is 0.125. The molecule has 0 heterocycles. The van der Waals surface area contributed by atoms with E-state index in [0.717, 1.165) is 5.56 Å². The molecule has 0 aliphatic heterocycles. The van der Waals surface area contributed by atoms with Crippen molar-refractivity contribution in [3.05, 3.63) is 34.9 Å². The summed E-state index contributed by atoms with van der Waals surface area (Å²) in [6.45, 7) is 4.28. The molecule has 20 heavy (non-hydrogen) atoms. The molecule has 0 unspecified atom stereocenters. The predicted octanol–water partition coefficient (Wildman–Crippen LogP) is 1.97. The molecule has 0 spiro atoms. The fraction of sp³-hybridized carbons (Fsp3) is 0.571. The average Bonchev–Trinajstić information content (AvgIpc) is 3.05. The van der Waals surface area contributed by atoms with E-state index in [1.807, 2.05) is 19.1 Å². The molecular formula is C14H20ClNO3S. The van der Waals surface area contributed by atoms with Gasteiger partial charge in [0.05, 0.1) is 17.4 Å². The summed E-state index contributed by atoms with van der Waals surface area (Å²) in [5, 5.41) is 0.0458. The van der Waals surface area contributed by atoms with Crippen molar-refractivity contribution in [2.45, 2.75) is 30.6 Å².